The monoisotopic (exact) mass is 699 g/mol. The Morgan fingerprint density at radius 2 is 0.836 bits per heavy atom. The van der Waals surface area contributed by atoms with Crippen LogP contribution in [0.4, 0.5) is 0 Å². The van der Waals surface area contributed by atoms with Gasteiger partial charge in [-0.05, 0) is 60.7 Å². The van der Waals surface area contributed by atoms with E-state index >= 15 is 0 Å². The highest BCUT2D eigenvalue weighted by molar-refractivity contribution is 6.17. The van der Waals surface area contributed by atoms with Crippen molar-refractivity contribution in [1.82, 2.24) is 13.7 Å². The molecular formula is C50H29N5. The molecule has 0 atom stereocenters. The summed E-state index contributed by atoms with van der Waals surface area (Å²) in [4.78, 5) is 0. The van der Waals surface area contributed by atoms with Crippen LogP contribution in [-0.2, 0) is 0 Å². The molecule has 0 bridgehead atoms. The summed E-state index contributed by atoms with van der Waals surface area (Å²) in [7, 11) is 0. The van der Waals surface area contributed by atoms with Crippen LogP contribution in [0.1, 0.15) is 11.1 Å². The highest BCUT2D eigenvalue weighted by atomic mass is 15.0. The molecule has 3 aromatic heterocycles. The van der Waals surface area contributed by atoms with Crippen molar-refractivity contribution in [3.63, 3.8) is 0 Å². The number of rotatable bonds is 4. The third-order valence-corrected chi connectivity index (χ3v) is 11.1. The smallest absolute Gasteiger partial charge is 0.101 e. The van der Waals surface area contributed by atoms with Gasteiger partial charge in [0.1, 0.15) is 6.07 Å². The fourth-order valence-electron chi connectivity index (χ4n) is 8.90. The SMILES string of the molecule is N#Cc1ccc2c3ccccc3n(-c3ccccc3-c3cccc(C#N)c3-n3c4ccccc4c4c(-n5c6ccccc6c6ccccc65)cccc43)c2c1. The van der Waals surface area contributed by atoms with E-state index in [0.717, 1.165) is 82.8 Å². The maximum absolute atomic E-state index is 10.9. The molecule has 55 heavy (non-hydrogen) atoms. The molecule has 11 aromatic rings. The Bertz CT molecular complexity index is 3420. The lowest BCUT2D eigenvalue weighted by Gasteiger charge is -2.19. The Labute approximate surface area is 316 Å². The minimum Gasteiger partial charge on any atom is -0.309 e. The van der Waals surface area contributed by atoms with Crippen molar-refractivity contribution in [2.24, 2.45) is 0 Å². The first kappa shape index (κ1) is 30.7. The van der Waals surface area contributed by atoms with E-state index in [4.69, 9.17) is 0 Å². The first-order valence-electron chi connectivity index (χ1n) is 18.3. The second-order valence-electron chi connectivity index (χ2n) is 13.9. The van der Waals surface area contributed by atoms with Crippen LogP contribution in [0, 0.1) is 22.7 Å². The molecule has 0 N–H and O–H groups in total. The number of aromatic nitrogens is 3. The van der Waals surface area contributed by atoms with Crippen LogP contribution in [0.25, 0.3) is 93.6 Å². The highest BCUT2D eigenvalue weighted by Gasteiger charge is 2.24. The average molecular weight is 700 g/mol. The van der Waals surface area contributed by atoms with Crippen LogP contribution in [0.15, 0.2) is 176 Å². The number of nitrogens with zero attached hydrogens (tertiary/aromatic N) is 5. The maximum atomic E-state index is 10.9. The van der Waals surface area contributed by atoms with E-state index in [9.17, 15) is 10.5 Å². The highest BCUT2D eigenvalue weighted by Crippen LogP contribution is 2.44. The summed E-state index contributed by atoms with van der Waals surface area (Å²) in [6.07, 6.45) is 0. The summed E-state index contributed by atoms with van der Waals surface area (Å²) < 4.78 is 6.93. The molecule has 254 valence electrons. The zero-order valence-corrected chi connectivity index (χ0v) is 29.5. The molecule has 5 nitrogen and oxygen atoms in total. The Hall–Kier alpha value is -7.86. The van der Waals surface area contributed by atoms with Gasteiger partial charge in [-0.1, -0.05) is 115 Å². The first-order valence-corrected chi connectivity index (χ1v) is 18.3. The third-order valence-electron chi connectivity index (χ3n) is 11.1. The largest absolute Gasteiger partial charge is 0.309 e. The van der Waals surface area contributed by atoms with Gasteiger partial charge in [0.2, 0.25) is 0 Å². The summed E-state index contributed by atoms with van der Waals surface area (Å²) in [6, 6.07) is 65.8. The third kappa shape index (κ3) is 4.33. The molecule has 0 unspecified atom stereocenters. The second kappa shape index (κ2) is 11.8. The minimum absolute atomic E-state index is 0.575. The molecule has 0 radical (unpaired) electrons. The molecule has 0 aliphatic carbocycles. The van der Waals surface area contributed by atoms with Gasteiger partial charge in [-0.25, -0.2) is 0 Å². The van der Waals surface area contributed by atoms with Crippen molar-refractivity contribution >= 4 is 65.4 Å². The lowest BCUT2D eigenvalue weighted by Crippen LogP contribution is -2.04. The zero-order valence-electron chi connectivity index (χ0n) is 29.5. The van der Waals surface area contributed by atoms with Gasteiger partial charge in [0.15, 0.2) is 0 Å². The number of hydrogen-bond acceptors (Lipinski definition) is 2. The van der Waals surface area contributed by atoms with E-state index in [1.54, 1.807) is 0 Å². The van der Waals surface area contributed by atoms with Crippen molar-refractivity contribution in [3.05, 3.63) is 187 Å². The summed E-state index contributed by atoms with van der Waals surface area (Å²) >= 11 is 0. The van der Waals surface area contributed by atoms with Crippen molar-refractivity contribution in [2.45, 2.75) is 0 Å². The molecule has 0 spiro atoms. The predicted molar refractivity (Wildman–Crippen MR) is 224 cm³/mol. The molecule has 0 aliphatic heterocycles. The normalized spacial score (nSPS) is 11.6. The molecule has 0 saturated heterocycles. The number of para-hydroxylation sites is 6. The van der Waals surface area contributed by atoms with Crippen molar-refractivity contribution in [1.29, 1.82) is 10.5 Å². The summed E-state index contributed by atoms with van der Waals surface area (Å²) in [5.41, 5.74) is 12.3. The quantitative estimate of drug-likeness (QED) is 0.184. The lowest BCUT2D eigenvalue weighted by molar-refractivity contribution is 1.15. The number of fused-ring (bicyclic) bond motifs is 9. The van der Waals surface area contributed by atoms with Gasteiger partial charge in [0.05, 0.1) is 67.4 Å². The Morgan fingerprint density at radius 3 is 1.49 bits per heavy atom. The Balaban J connectivity index is 1.25. The molecule has 0 fully saturated rings. The average Bonchev–Trinajstić information content (AvgIpc) is 3.89. The topological polar surface area (TPSA) is 62.4 Å². The fourth-order valence-corrected chi connectivity index (χ4v) is 8.90. The molecule has 0 amide bonds. The van der Waals surface area contributed by atoms with E-state index in [0.29, 0.717) is 11.1 Å². The molecule has 0 aliphatic rings. The van der Waals surface area contributed by atoms with Crippen LogP contribution in [0.5, 0.6) is 0 Å². The summed E-state index contributed by atoms with van der Waals surface area (Å²) in [6.45, 7) is 0. The van der Waals surface area contributed by atoms with Crippen LogP contribution >= 0.6 is 0 Å². The van der Waals surface area contributed by atoms with Crippen molar-refractivity contribution < 1.29 is 0 Å². The van der Waals surface area contributed by atoms with Gasteiger partial charge in [-0.2, -0.15) is 10.5 Å². The van der Waals surface area contributed by atoms with Crippen LogP contribution in [-0.4, -0.2) is 13.7 Å². The lowest BCUT2D eigenvalue weighted by atomic mass is 9.98. The molecule has 5 heteroatoms. The van der Waals surface area contributed by atoms with Gasteiger partial charge in [-0.15, -0.1) is 0 Å². The molecule has 11 rings (SSSR count). The summed E-state index contributed by atoms with van der Waals surface area (Å²) in [5.74, 6) is 0. The van der Waals surface area contributed by atoms with Crippen LogP contribution in [0.2, 0.25) is 0 Å². The first-order chi connectivity index (χ1) is 27.2. The molecule has 0 saturated carbocycles. The van der Waals surface area contributed by atoms with E-state index in [2.05, 4.69) is 171 Å². The van der Waals surface area contributed by atoms with Gasteiger partial charge >= 0.3 is 0 Å². The Kier molecular flexibility index (Phi) is 6.61. The zero-order chi connectivity index (χ0) is 36.6. The number of hydrogen-bond donors (Lipinski definition) is 0. The standard InChI is InChI=1S/C50H29N5/c51-30-32-27-28-38-36-16-3-8-22-43(36)54(48(38)29-32)44-23-9-4-17-37(44)39-19-11-13-33(31-52)50(39)55-45-24-10-5-18-40(45)49-46(25-12-26-47(49)55)53-41-20-6-1-14-34(41)35-15-2-7-21-42(35)53/h1-29H. The van der Waals surface area contributed by atoms with Crippen molar-refractivity contribution in [3.8, 4) is 40.3 Å². The van der Waals surface area contributed by atoms with E-state index in [1.807, 2.05) is 30.3 Å². The molecular weight excluding hydrogens is 671 g/mol. The molecule has 8 aromatic carbocycles. The fraction of sp³-hybridized carbons (Fsp3) is 0. The van der Waals surface area contributed by atoms with Crippen LogP contribution < -0.4 is 0 Å². The van der Waals surface area contributed by atoms with Crippen molar-refractivity contribution in [2.75, 3.05) is 0 Å². The van der Waals surface area contributed by atoms with Gasteiger partial charge in [0, 0.05) is 43.4 Å². The van der Waals surface area contributed by atoms with E-state index in [1.165, 1.54) is 10.8 Å². The maximum Gasteiger partial charge on any atom is 0.101 e. The van der Waals surface area contributed by atoms with E-state index < -0.39 is 0 Å². The second-order valence-corrected chi connectivity index (χ2v) is 13.9. The van der Waals surface area contributed by atoms with Gasteiger partial charge in [0.25, 0.3) is 0 Å². The van der Waals surface area contributed by atoms with Crippen LogP contribution in [0.3, 0.4) is 0 Å². The summed E-state index contributed by atoms with van der Waals surface area (Å²) in [5, 5.41) is 27.6. The predicted octanol–water partition coefficient (Wildman–Crippen LogP) is 12.4. The van der Waals surface area contributed by atoms with Gasteiger partial charge < -0.3 is 13.7 Å². The Morgan fingerprint density at radius 1 is 0.345 bits per heavy atom. The van der Waals surface area contributed by atoms with E-state index in [-0.39, 0.29) is 0 Å². The number of benzene rings is 8. The molecule has 3 heterocycles. The number of nitriles is 2. The minimum atomic E-state index is 0.575. The van der Waals surface area contributed by atoms with Gasteiger partial charge in [-0.3, -0.25) is 0 Å².